The summed E-state index contributed by atoms with van der Waals surface area (Å²) in [7, 11) is 0. The monoisotopic (exact) mass is 402 g/mol. The molecule has 5 nitrogen and oxygen atoms in total. The predicted octanol–water partition coefficient (Wildman–Crippen LogP) is 2.97. The number of alkyl halides is 3. The van der Waals surface area contributed by atoms with Crippen LogP contribution in [0.1, 0.15) is 37.8 Å². The predicted molar refractivity (Wildman–Crippen MR) is 91.6 cm³/mol. The standard InChI is InChI=1S/C19H22F4N2O3/c1-11(2)28-10-18(27)24-6-5-15-16(24)8-17(26)25(15)9-12-3-4-13(7-14(12)20)19(21,22)23/h3-4,7,11,15-16H,5-6,8-10H2,1-2H3/t15-,16-/m0/s1. The van der Waals surface area contributed by atoms with Gasteiger partial charge >= 0.3 is 6.18 Å². The Kier molecular flexibility index (Phi) is 5.65. The summed E-state index contributed by atoms with van der Waals surface area (Å²) < 4.78 is 57.6. The zero-order valence-corrected chi connectivity index (χ0v) is 15.6. The van der Waals surface area contributed by atoms with Gasteiger partial charge in [0.25, 0.3) is 0 Å². The second-order valence-electron chi connectivity index (χ2n) is 7.40. The average molecular weight is 402 g/mol. The lowest BCUT2D eigenvalue weighted by Gasteiger charge is -2.26. The van der Waals surface area contributed by atoms with Crippen LogP contribution in [-0.2, 0) is 27.0 Å². The van der Waals surface area contributed by atoms with E-state index in [-0.39, 0.29) is 55.1 Å². The Morgan fingerprint density at radius 1 is 1.29 bits per heavy atom. The number of hydrogen-bond acceptors (Lipinski definition) is 3. The molecule has 0 spiro atoms. The third kappa shape index (κ3) is 4.14. The number of amides is 2. The molecule has 1 aromatic rings. The smallest absolute Gasteiger partial charge is 0.369 e. The lowest BCUT2D eigenvalue weighted by Crippen LogP contribution is -2.41. The molecule has 0 radical (unpaired) electrons. The Balaban J connectivity index is 1.70. The molecule has 0 aromatic heterocycles. The van der Waals surface area contributed by atoms with Gasteiger partial charge < -0.3 is 14.5 Å². The lowest BCUT2D eigenvalue weighted by molar-refractivity contribution is -0.139. The summed E-state index contributed by atoms with van der Waals surface area (Å²) in [5, 5.41) is 0. The molecule has 3 rings (SSSR count). The van der Waals surface area contributed by atoms with Crippen molar-refractivity contribution in [3.8, 4) is 0 Å². The van der Waals surface area contributed by atoms with Crippen LogP contribution in [0.2, 0.25) is 0 Å². The van der Waals surface area contributed by atoms with Crippen LogP contribution >= 0.6 is 0 Å². The first-order valence-electron chi connectivity index (χ1n) is 9.14. The zero-order chi connectivity index (χ0) is 20.6. The van der Waals surface area contributed by atoms with E-state index in [0.717, 1.165) is 12.1 Å². The second-order valence-corrected chi connectivity index (χ2v) is 7.40. The van der Waals surface area contributed by atoms with E-state index >= 15 is 0 Å². The molecule has 0 aliphatic carbocycles. The molecular formula is C19H22F4N2O3. The maximum atomic E-state index is 14.2. The summed E-state index contributed by atoms with van der Waals surface area (Å²) in [6.07, 6.45) is -4.04. The molecular weight excluding hydrogens is 380 g/mol. The van der Waals surface area contributed by atoms with Gasteiger partial charge in [-0.2, -0.15) is 13.2 Å². The lowest BCUT2D eigenvalue weighted by atomic mass is 10.1. The molecule has 2 amide bonds. The average Bonchev–Trinajstić information content (AvgIpc) is 3.13. The summed E-state index contributed by atoms with van der Waals surface area (Å²) in [6.45, 7) is 3.92. The van der Waals surface area contributed by atoms with Crippen molar-refractivity contribution in [3.05, 3.63) is 35.1 Å². The molecule has 0 saturated carbocycles. The maximum absolute atomic E-state index is 14.2. The van der Waals surface area contributed by atoms with Crippen molar-refractivity contribution in [2.45, 2.75) is 57.6 Å². The molecule has 28 heavy (non-hydrogen) atoms. The highest BCUT2D eigenvalue weighted by Crippen LogP contribution is 2.35. The Bertz CT molecular complexity index is 766. The molecule has 1 aromatic carbocycles. The summed E-state index contributed by atoms with van der Waals surface area (Å²) in [4.78, 5) is 27.9. The van der Waals surface area contributed by atoms with E-state index in [0.29, 0.717) is 19.0 Å². The SMILES string of the molecule is CC(C)OCC(=O)N1CC[C@H]2[C@@H]1CC(=O)N2Cc1ccc(C(F)(F)F)cc1F. The van der Waals surface area contributed by atoms with Crippen molar-refractivity contribution in [2.24, 2.45) is 0 Å². The Hall–Kier alpha value is -2.16. The third-order valence-corrected chi connectivity index (χ3v) is 5.20. The molecule has 2 aliphatic rings. The molecule has 0 unspecified atom stereocenters. The van der Waals surface area contributed by atoms with E-state index < -0.39 is 17.6 Å². The van der Waals surface area contributed by atoms with E-state index in [1.54, 1.807) is 4.90 Å². The number of benzene rings is 1. The van der Waals surface area contributed by atoms with Crippen molar-refractivity contribution in [1.29, 1.82) is 0 Å². The molecule has 2 saturated heterocycles. The minimum absolute atomic E-state index is 0.0231. The number of halogens is 4. The number of carbonyl (C=O) groups excluding carboxylic acids is 2. The van der Waals surface area contributed by atoms with Crippen molar-refractivity contribution in [1.82, 2.24) is 9.80 Å². The first kappa shape index (κ1) is 20.6. The van der Waals surface area contributed by atoms with Gasteiger partial charge in [-0.3, -0.25) is 9.59 Å². The molecule has 2 heterocycles. The molecule has 2 fully saturated rings. The topological polar surface area (TPSA) is 49.9 Å². The van der Waals surface area contributed by atoms with Gasteiger partial charge in [0, 0.05) is 25.1 Å². The van der Waals surface area contributed by atoms with Gasteiger partial charge in [-0.1, -0.05) is 6.07 Å². The number of rotatable bonds is 5. The van der Waals surface area contributed by atoms with Gasteiger partial charge in [-0.25, -0.2) is 4.39 Å². The van der Waals surface area contributed by atoms with E-state index in [2.05, 4.69) is 0 Å². The normalized spacial score (nSPS) is 22.3. The highest BCUT2D eigenvalue weighted by molar-refractivity contribution is 5.84. The number of carbonyl (C=O) groups is 2. The summed E-state index contributed by atoms with van der Waals surface area (Å²) in [5.41, 5.74) is -1.04. The molecule has 2 aliphatic heterocycles. The molecule has 2 atom stereocenters. The summed E-state index contributed by atoms with van der Waals surface area (Å²) in [6, 6.07) is 1.74. The number of ether oxygens (including phenoxy) is 1. The molecule has 154 valence electrons. The summed E-state index contributed by atoms with van der Waals surface area (Å²) >= 11 is 0. The van der Waals surface area contributed by atoms with Crippen molar-refractivity contribution >= 4 is 11.8 Å². The highest BCUT2D eigenvalue weighted by Gasteiger charge is 2.48. The number of likely N-dealkylation sites (tertiary alicyclic amines) is 2. The highest BCUT2D eigenvalue weighted by atomic mass is 19.4. The Morgan fingerprint density at radius 2 is 2.00 bits per heavy atom. The van der Waals surface area contributed by atoms with Gasteiger partial charge in [0.2, 0.25) is 11.8 Å². The largest absolute Gasteiger partial charge is 0.416 e. The van der Waals surface area contributed by atoms with Crippen LogP contribution in [0, 0.1) is 5.82 Å². The minimum Gasteiger partial charge on any atom is -0.369 e. The van der Waals surface area contributed by atoms with Crippen LogP contribution < -0.4 is 0 Å². The molecule has 0 N–H and O–H groups in total. The van der Waals surface area contributed by atoms with Gasteiger partial charge in [0.15, 0.2) is 0 Å². The van der Waals surface area contributed by atoms with Crippen LogP contribution in [0.25, 0.3) is 0 Å². The van der Waals surface area contributed by atoms with E-state index in [9.17, 15) is 27.2 Å². The van der Waals surface area contributed by atoms with Crippen molar-refractivity contribution in [2.75, 3.05) is 13.2 Å². The quantitative estimate of drug-likeness (QED) is 0.712. The number of hydrogen-bond donors (Lipinski definition) is 0. The van der Waals surface area contributed by atoms with Gasteiger partial charge in [0.05, 0.1) is 23.8 Å². The van der Waals surface area contributed by atoms with Crippen LogP contribution in [0.4, 0.5) is 17.6 Å². The van der Waals surface area contributed by atoms with Crippen LogP contribution in [-0.4, -0.2) is 53.0 Å². The first-order chi connectivity index (χ1) is 13.1. The van der Waals surface area contributed by atoms with E-state index in [1.807, 2.05) is 13.8 Å². The van der Waals surface area contributed by atoms with Crippen LogP contribution in [0.5, 0.6) is 0 Å². The van der Waals surface area contributed by atoms with Gasteiger partial charge in [-0.15, -0.1) is 0 Å². The zero-order valence-electron chi connectivity index (χ0n) is 15.6. The molecule has 9 heteroatoms. The van der Waals surface area contributed by atoms with Crippen LogP contribution in [0.3, 0.4) is 0 Å². The van der Waals surface area contributed by atoms with Gasteiger partial charge in [0.1, 0.15) is 12.4 Å². The van der Waals surface area contributed by atoms with E-state index in [1.165, 1.54) is 4.90 Å². The van der Waals surface area contributed by atoms with Crippen LogP contribution in [0.15, 0.2) is 18.2 Å². The van der Waals surface area contributed by atoms with E-state index in [4.69, 9.17) is 4.74 Å². The minimum atomic E-state index is -4.63. The third-order valence-electron chi connectivity index (χ3n) is 5.20. The Morgan fingerprint density at radius 3 is 2.61 bits per heavy atom. The fraction of sp³-hybridized carbons (Fsp3) is 0.579. The Labute approximate surface area is 160 Å². The first-order valence-corrected chi connectivity index (χ1v) is 9.14. The van der Waals surface area contributed by atoms with Crippen molar-refractivity contribution in [3.63, 3.8) is 0 Å². The number of nitrogens with zero attached hydrogens (tertiary/aromatic N) is 2. The number of fused-ring (bicyclic) bond motifs is 1. The molecule has 0 bridgehead atoms. The fourth-order valence-corrected chi connectivity index (χ4v) is 3.80. The fourth-order valence-electron chi connectivity index (χ4n) is 3.80. The second kappa shape index (κ2) is 7.69. The summed E-state index contributed by atoms with van der Waals surface area (Å²) in [5.74, 6) is -1.43. The van der Waals surface area contributed by atoms with Gasteiger partial charge in [-0.05, 0) is 32.4 Å². The maximum Gasteiger partial charge on any atom is 0.416 e. The van der Waals surface area contributed by atoms with Crippen molar-refractivity contribution < 1.29 is 31.9 Å².